The summed E-state index contributed by atoms with van der Waals surface area (Å²) in [6.07, 6.45) is 5.30. The van der Waals surface area contributed by atoms with Crippen LogP contribution >= 0.6 is 0 Å². The zero-order valence-corrected chi connectivity index (χ0v) is 14.8. The molecule has 0 radical (unpaired) electrons. The van der Waals surface area contributed by atoms with Gasteiger partial charge >= 0.3 is 0 Å². The van der Waals surface area contributed by atoms with E-state index in [4.69, 9.17) is 5.26 Å². The van der Waals surface area contributed by atoms with E-state index in [1.165, 1.54) is 17.2 Å². The fourth-order valence-electron chi connectivity index (χ4n) is 3.20. The average molecular weight is 345 g/mol. The first-order valence-corrected chi connectivity index (χ1v) is 9.00. The molecule has 0 saturated carbocycles. The fraction of sp³-hybridized carbons (Fsp3) is 0.273. The van der Waals surface area contributed by atoms with Crippen molar-refractivity contribution in [3.8, 4) is 6.07 Å². The SMILES string of the molecule is N#Cc1cccc(C=CC(=O)NCCCN2CCc3ccccc3C2)c1. The zero-order chi connectivity index (χ0) is 18.2. The Labute approximate surface area is 154 Å². The molecule has 0 aromatic heterocycles. The van der Waals surface area contributed by atoms with Crippen molar-refractivity contribution < 1.29 is 4.79 Å². The summed E-state index contributed by atoms with van der Waals surface area (Å²) in [6.45, 7) is 3.74. The van der Waals surface area contributed by atoms with E-state index in [1.54, 1.807) is 18.2 Å². The number of benzene rings is 2. The highest BCUT2D eigenvalue weighted by Gasteiger charge is 2.14. The molecule has 0 unspecified atom stereocenters. The van der Waals surface area contributed by atoms with Gasteiger partial charge in [-0.3, -0.25) is 9.69 Å². The maximum atomic E-state index is 11.9. The molecule has 0 fully saturated rings. The molecule has 1 aliphatic rings. The lowest BCUT2D eigenvalue weighted by Gasteiger charge is -2.28. The Balaban J connectivity index is 1.38. The van der Waals surface area contributed by atoms with Crippen LogP contribution < -0.4 is 5.32 Å². The lowest BCUT2D eigenvalue weighted by molar-refractivity contribution is -0.116. The monoisotopic (exact) mass is 345 g/mol. The predicted octanol–water partition coefficient (Wildman–Crippen LogP) is 3.14. The smallest absolute Gasteiger partial charge is 0.243 e. The van der Waals surface area contributed by atoms with Crippen LogP contribution in [0.1, 0.15) is 28.7 Å². The average Bonchev–Trinajstić information content (AvgIpc) is 2.69. The molecule has 0 spiro atoms. The second-order valence-corrected chi connectivity index (χ2v) is 6.51. The van der Waals surface area contributed by atoms with Crippen LogP contribution in [0.5, 0.6) is 0 Å². The molecule has 0 saturated heterocycles. The van der Waals surface area contributed by atoms with Crippen molar-refractivity contribution in [1.29, 1.82) is 5.26 Å². The van der Waals surface area contributed by atoms with Gasteiger partial charge in [-0.1, -0.05) is 36.4 Å². The van der Waals surface area contributed by atoms with Gasteiger partial charge in [0.1, 0.15) is 0 Å². The molecule has 132 valence electrons. The van der Waals surface area contributed by atoms with E-state index in [1.807, 2.05) is 12.1 Å². The number of nitriles is 1. The molecule has 4 nitrogen and oxygen atoms in total. The molecule has 1 heterocycles. The van der Waals surface area contributed by atoms with Gasteiger partial charge < -0.3 is 5.32 Å². The Morgan fingerprint density at radius 2 is 2.04 bits per heavy atom. The van der Waals surface area contributed by atoms with Crippen molar-refractivity contribution in [3.63, 3.8) is 0 Å². The van der Waals surface area contributed by atoms with Gasteiger partial charge in [-0.15, -0.1) is 0 Å². The fourth-order valence-corrected chi connectivity index (χ4v) is 3.20. The molecule has 0 bridgehead atoms. The molecule has 0 aliphatic carbocycles. The van der Waals surface area contributed by atoms with Crippen LogP contribution in [-0.2, 0) is 17.8 Å². The molecular formula is C22H23N3O. The van der Waals surface area contributed by atoms with Gasteiger partial charge in [0.05, 0.1) is 11.6 Å². The highest BCUT2D eigenvalue weighted by Crippen LogP contribution is 2.18. The van der Waals surface area contributed by atoms with E-state index in [9.17, 15) is 4.79 Å². The lowest BCUT2D eigenvalue weighted by Crippen LogP contribution is -2.33. The van der Waals surface area contributed by atoms with Crippen LogP contribution in [0.4, 0.5) is 0 Å². The van der Waals surface area contributed by atoms with E-state index in [-0.39, 0.29) is 5.91 Å². The molecule has 1 amide bonds. The third-order valence-electron chi connectivity index (χ3n) is 4.60. The first-order chi connectivity index (χ1) is 12.7. The standard InChI is InChI=1S/C22H23N3O/c23-16-19-6-3-5-18(15-19)9-10-22(26)24-12-4-13-25-14-11-20-7-1-2-8-21(20)17-25/h1-3,5-10,15H,4,11-14,17H2,(H,24,26). The molecule has 4 heteroatoms. The van der Waals surface area contributed by atoms with E-state index < -0.39 is 0 Å². The summed E-state index contributed by atoms with van der Waals surface area (Å²) in [4.78, 5) is 14.4. The number of nitrogens with zero attached hydrogens (tertiary/aromatic N) is 2. The molecule has 1 N–H and O–H groups in total. The Bertz CT molecular complexity index is 835. The molecule has 26 heavy (non-hydrogen) atoms. The lowest BCUT2D eigenvalue weighted by atomic mass is 10.00. The normalized spacial score (nSPS) is 14.0. The van der Waals surface area contributed by atoms with Crippen molar-refractivity contribution >= 4 is 12.0 Å². The van der Waals surface area contributed by atoms with Crippen LogP contribution in [0.2, 0.25) is 0 Å². The van der Waals surface area contributed by atoms with Crippen LogP contribution in [-0.4, -0.2) is 30.4 Å². The number of hydrogen-bond donors (Lipinski definition) is 1. The first-order valence-electron chi connectivity index (χ1n) is 9.00. The molecule has 0 atom stereocenters. The molecular weight excluding hydrogens is 322 g/mol. The van der Waals surface area contributed by atoms with Gasteiger partial charge in [0.25, 0.3) is 0 Å². The van der Waals surface area contributed by atoms with Crippen LogP contribution in [0.3, 0.4) is 0 Å². The molecule has 3 rings (SSSR count). The van der Waals surface area contributed by atoms with Crippen LogP contribution in [0.25, 0.3) is 6.08 Å². The van der Waals surface area contributed by atoms with Gasteiger partial charge in [0, 0.05) is 32.3 Å². The highest BCUT2D eigenvalue weighted by atomic mass is 16.1. The quantitative estimate of drug-likeness (QED) is 0.646. The Kier molecular flexibility index (Phi) is 6.19. The number of amides is 1. The minimum Gasteiger partial charge on any atom is -0.353 e. The van der Waals surface area contributed by atoms with Crippen molar-refractivity contribution in [2.24, 2.45) is 0 Å². The Morgan fingerprint density at radius 1 is 1.19 bits per heavy atom. The second-order valence-electron chi connectivity index (χ2n) is 6.51. The summed E-state index contributed by atoms with van der Waals surface area (Å²) in [5, 5.41) is 11.8. The number of hydrogen-bond acceptors (Lipinski definition) is 3. The van der Waals surface area contributed by atoms with Crippen molar-refractivity contribution in [3.05, 3.63) is 76.9 Å². The molecule has 2 aromatic carbocycles. The van der Waals surface area contributed by atoms with Crippen LogP contribution in [0, 0.1) is 11.3 Å². The number of carbonyl (C=O) groups is 1. The largest absolute Gasteiger partial charge is 0.353 e. The van der Waals surface area contributed by atoms with E-state index >= 15 is 0 Å². The predicted molar refractivity (Wildman–Crippen MR) is 103 cm³/mol. The number of rotatable bonds is 6. The van der Waals surface area contributed by atoms with Gasteiger partial charge in [0.2, 0.25) is 5.91 Å². The summed E-state index contributed by atoms with van der Waals surface area (Å²) < 4.78 is 0. The van der Waals surface area contributed by atoms with Gasteiger partial charge in [0.15, 0.2) is 0 Å². The highest BCUT2D eigenvalue weighted by molar-refractivity contribution is 5.91. The van der Waals surface area contributed by atoms with Gasteiger partial charge in [-0.25, -0.2) is 0 Å². The maximum absolute atomic E-state index is 11.9. The maximum Gasteiger partial charge on any atom is 0.243 e. The summed E-state index contributed by atoms with van der Waals surface area (Å²) >= 11 is 0. The Hall–Kier alpha value is -2.90. The third-order valence-corrected chi connectivity index (χ3v) is 4.60. The minimum absolute atomic E-state index is 0.101. The molecule has 1 aliphatic heterocycles. The first kappa shape index (κ1) is 17.9. The van der Waals surface area contributed by atoms with Crippen molar-refractivity contribution in [2.75, 3.05) is 19.6 Å². The second kappa shape index (κ2) is 8.98. The van der Waals surface area contributed by atoms with Gasteiger partial charge in [-0.2, -0.15) is 5.26 Å². The summed E-state index contributed by atoms with van der Waals surface area (Å²) in [7, 11) is 0. The number of nitrogens with one attached hydrogen (secondary N) is 1. The van der Waals surface area contributed by atoms with E-state index in [0.717, 1.165) is 38.0 Å². The summed E-state index contributed by atoms with van der Waals surface area (Å²) in [5.74, 6) is -0.101. The number of carbonyl (C=O) groups excluding carboxylic acids is 1. The van der Waals surface area contributed by atoms with E-state index in [0.29, 0.717) is 12.1 Å². The van der Waals surface area contributed by atoms with Crippen molar-refractivity contribution in [2.45, 2.75) is 19.4 Å². The Morgan fingerprint density at radius 3 is 2.88 bits per heavy atom. The zero-order valence-electron chi connectivity index (χ0n) is 14.8. The number of fused-ring (bicyclic) bond motifs is 1. The van der Waals surface area contributed by atoms with Gasteiger partial charge in [-0.05, 0) is 47.7 Å². The topological polar surface area (TPSA) is 56.1 Å². The minimum atomic E-state index is -0.101. The van der Waals surface area contributed by atoms with Crippen LogP contribution in [0.15, 0.2) is 54.6 Å². The summed E-state index contributed by atoms with van der Waals surface area (Å²) in [5.41, 5.74) is 4.33. The molecule has 2 aromatic rings. The van der Waals surface area contributed by atoms with E-state index in [2.05, 4.69) is 40.6 Å². The summed E-state index contributed by atoms with van der Waals surface area (Å²) in [6, 6.07) is 17.9. The van der Waals surface area contributed by atoms with Crippen molar-refractivity contribution in [1.82, 2.24) is 10.2 Å². The third kappa shape index (κ3) is 5.05.